The maximum absolute atomic E-state index is 5.20. The van der Waals surface area contributed by atoms with Gasteiger partial charge in [0, 0.05) is 5.56 Å². The standard InChI is InChI=1S/C11H15NO.C2H6/c1-4-9-6-8(3)7-10(5-2)11(9)13-12;1-2/h4,6-7H,1,5,12H2,2-3H3;1-2H3. The maximum Gasteiger partial charge on any atom is 0.157 e. The molecule has 0 aliphatic carbocycles. The number of nitrogens with two attached hydrogens (primary N) is 1. The topological polar surface area (TPSA) is 35.2 Å². The summed E-state index contributed by atoms with van der Waals surface area (Å²) in [5, 5.41) is 0. The molecule has 2 nitrogen and oxygen atoms in total. The molecule has 15 heavy (non-hydrogen) atoms. The Balaban J connectivity index is 0.000000921. The van der Waals surface area contributed by atoms with Crippen LogP contribution in [0.25, 0.3) is 6.08 Å². The number of hydrogen-bond donors (Lipinski definition) is 1. The Kier molecular flexibility index (Phi) is 6.47. The third kappa shape index (κ3) is 3.40. The first-order valence-electron chi connectivity index (χ1n) is 5.35. The van der Waals surface area contributed by atoms with Crippen molar-refractivity contribution in [3.05, 3.63) is 35.4 Å². The molecule has 0 aliphatic heterocycles. The molecule has 0 heterocycles. The summed E-state index contributed by atoms with van der Waals surface area (Å²) in [6.07, 6.45) is 2.67. The summed E-state index contributed by atoms with van der Waals surface area (Å²) in [7, 11) is 0. The van der Waals surface area contributed by atoms with Gasteiger partial charge in [0.2, 0.25) is 0 Å². The second-order valence-corrected chi connectivity index (χ2v) is 3.02. The Morgan fingerprint density at radius 3 is 2.40 bits per heavy atom. The maximum atomic E-state index is 5.20. The van der Waals surface area contributed by atoms with Crippen LogP contribution in [0.1, 0.15) is 37.5 Å². The van der Waals surface area contributed by atoms with Crippen molar-refractivity contribution in [2.24, 2.45) is 5.90 Å². The van der Waals surface area contributed by atoms with Gasteiger partial charge in [-0.2, -0.15) is 5.90 Å². The first-order chi connectivity index (χ1) is 7.22. The lowest BCUT2D eigenvalue weighted by atomic mass is 10.0. The lowest BCUT2D eigenvalue weighted by Gasteiger charge is -2.10. The Bertz CT molecular complexity index is 319. The van der Waals surface area contributed by atoms with Crippen molar-refractivity contribution in [3.63, 3.8) is 0 Å². The largest absolute Gasteiger partial charge is 0.411 e. The van der Waals surface area contributed by atoms with E-state index in [0.29, 0.717) is 0 Å². The molecule has 2 N–H and O–H groups in total. The molecule has 0 atom stereocenters. The smallest absolute Gasteiger partial charge is 0.157 e. The zero-order chi connectivity index (χ0) is 11.8. The molecule has 0 fully saturated rings. The molecule has 0 unspecified atom stereocenters. The number of benzene rings is 1. The van der Waals surface area contributed by atoms with Gasteiger partial charge in [-0.25, -0.2) is 0 Å². The van der Waals surface area contributed by atoms with E-state index >= 15 is 0 Å². The van der Waals surface area contributed by atoms with Crippen molar-refractivity contribution in [1.29, 1.82) is 0 Å². The quantitative estimate of drug-likeness (QED) is 0.770. The second kappa shape index (κ2) is 7.07. The summed E-state index contributed by atoms with van der Waals surface area (Å²) in [6.45, 7) is 11.8. The number of rotatable bonds is 3. The first-order valence-corrected chi connectivity index (χ1v) is 5.35. The Labute approximate surface area is 92.7 Å². The summed E-state index contributed by atoms with van der Waals surface area (Å²) in [6, 6.07) is 4.09. The van der Waals surface area contributed by atoms with Crippen molar-refractivity contribution in [2.45, 2.75) is 34.1 Å². The van der Waals surface area contributed by atoms with Crippen molar-refractivity contribution >= 4 is 6.08 Å². The Morgan fingerprint density at radius 2 is 2.00 bits per heavy atom. The van der Waals surface area contributed by atoms with E-state index in [4.69, 9.17) is 10.7 Å². The van der Waals surface area contributed by atoms with Gasteiger partial charge < -0.3 is 4.84 Å². The van der Waals surface area contributed by atoms with Crippen LogP contribution in [0.15, 0.2) is 18.7 Å². The van der Waals surface area contributed by atoms with E-state index in [0.717, 1.165) is 23.3 Å². The summed E-state index contributed by atoms with van der Waals surface area (Å²) in [5.41, 5.74) is 3.28. The highest BCUT2D eigenvalue weighted by Crippen LogP contribution is 2.26. The van der Waals surface area contributed by atoms with Gasteiger partial charge in [0.1, 0.15) is 0 Å². The van der Waals surface area contributed by atoms with Gasteiger partial charge in [0.05, 0.1) is 0 Å². The normalized spacial score (nSPS) is 8.87. The molecule has 0 aromatic heterocycles. The predicted octanol–water partition coefficient (Wildman–Crippen LogP) is 3.48. The molecule has 1 rings (SSSR count). The van der Waals surface area contributed by atoms with Crippen LogP contribution in [-0.4, -0.2) is 0 Å². The highest BCUT2D eigenvalue weighted by Gasteiger charge is 2.06. The van der Waals surface area contributed by atoms with Crippen LogP contribution in [0.2, 0.25) is 0 Å². The fourth-order valence-electron chi connectivity index (χ4n) is 1.44. The molecule has 0 amide bonds. The minimum atomic E-state index is 0.739. The average molecular weight is 207 g/mol. The molecule has 0 bridgehead atoms. The summed E-state index contributed by atoms with van der Waals surface area (Å²) in [4.78, 5) is 4.84. The van der Waals surface area contributed by atoms with Crippen LogP contribution in [-0.2, 0) is 6.42 Å². The van der Waals surface area contributed by atoms with E-state index in [1.54, 1.807) is 6.08 Å². The predicted molar refractivity (Wildman–Crippen MR) is 66.8 cm³/mol. The minimum absolute atomic E-state index is 0.739. The van der Waals surface area contributed by atoms with E-state index in [1.807, 2.05) is 26.8 Å². The van der Waals surface area contributed by atoms with Crippen LogP contribution >= 0.6 is 0 Å². The van der Waals surface area contributed by atoms with Gasteiger partial charge in [0.25, 0.3) is 0 Å². The van der Waals surface area contributed by atoms with Crippen LogP contribution in [0.5, 0.6) is 5.75 Å². The van der Waals surface area contributed by atoms with Gasteiger partial charge in [-0.05, 0) is 30.5 Å². The van der Waals surface area contributed by atoms with Crippen LogP contribution in [0, 0.1) is 6.92 Å². The van der Waals surface area contributed by atoms with Crippen LogP contribution in [0.4, 0.5) is 0 Å². The Hall–Kier alpha value is -1.28. The summed E-state index contributed by atoms with van der Waals surface area (Å²) >= 11 is 0. The lowest BCUT2D eigenvalue weighted by molar-refractivity contribution is 0.330. The fourth-order valence-corrected chi connectivity index (χ4v) is 1.44. The van der Waals surface area contributed by atoms with E-state index in [-0.39, 0.29) is 0 Å². The lowest BCUT2D eigenvalue weighted by Crippen LogP contribution is -2.06. The van der Waals surface area contributed by atoms with Crippen molar-refractivity contribution < 1.29 is 4.84 Å². The minimum Gasteiger partial charge on any atom is -0.411 e. The van der Waals surface area contributed by atoms with Crippen LogP contribution in [0.3, 0.4) is 0 Å². The molecule has 0 saturated heterocycles. The third-order valence-electron chi connectivity index (χ3n) is 2.06. The van der Waals surface area contributed by atoms with Crippen LogP contribution < -0.4 is 10.7 Å². The first kappa shape index (κ1) is 13.7. The van der Waals surface area contributed by atoms with Gasteiger partial charge in [-0.15, -0.1) is 0 Å². The van der Waals surface area contributed by atoms with Gasteiger partial charge in [-0.3, -0.25) is 0 Å². The summed E-state index contributed by atoms with van der Waals surface area (Å²) in [5.74, 6) is 5.94. The van der Waals surface area contributed by atoms with Crippen molar-refractivity contribution in [2.75, 3.05) is 0 Å². The third-order valence-corrected chi connectivity index (χ3v) is 2.06. The van der Waals surface area contributed by atoms with Gasteiger partial charge in [0.15, 0.2) is 5.75 Å². The molecular weight excluding hydrogens is 186 g/mol. The molecule has 1 aromatic carbocycles. The highest BCUT2D eigenvalue weighted by atomic mass is 16.6. The van der Waals surface area contributed by atoms with Gasteiger partial charge >= 0.3 is 0 Å². The van der Waals surface area contributed by atoms with E-state index in [2.05, 4.69) is 19.6 Å². The number of hydrogen-bond acceptors (Lipinski definition) is 2. The van der Waals surface area contributed by atoms with Crippen molar-refractivity contribution in [3.8, 4) is 5.75 Å². The zero-order valence-electron chi connectivity index (χ0n) is 10.1. The highest BCUT2D eigenvalue weighted by molar-refractivity contribution is 5.60. The fraction of sp³-hybridized carbons (Fsp3) is 0.385. The molecule has 84 valence electrons. The average Bonchev–Trinajstić information content (AvgIpc) is 2.30. The summed E-state index contributed by atoms with van der Waals surface area (Å²) < 4.78 is 0. The SMILES string of the molecule is C=Cc1cc(C)cc(CC)c1ON.CC. The molecule has 0 spiro atoms. The molecule has 0 saturated carbocycles. The van der Waals surface area contributed by atoms with E-state index in [9.17, 15) is 0 Å². The van der Waals surface area contributed by atoms with E-state index < -0.39 is 0 Å². The Morgan fingerprint density at radius 1 is 1.40 bits per heavy atom. The second-order valence-electron chi connectivity index (χ2n) is 3.02. The van der Waals surface area contributed by atoms with E-state index in [1.165, 1.54) is 5.56 Å². The zero-order valence-corrected chi connectivity index (χ0v) is 10.1. The molecule has 0 aliphatic rings. The number of aryl methyl sites for hydroxylation is 2. The molecule has 2 heteroatoms. The van der Waals surface area contributed by atoms with Gasteiger partial charge in [-0.1, -0.05) is 39.5 Å². The molecule has 0 radical (unpaired) electrons. The molecule has 1 aromatic rings. The molecular formula is C13H21NO. The monoisotopic (exact) mass is 207 g/mol. The van der Waals surface area contributed by atoms with Crippen molar-refractivity contribution in [1.82, 2.24) is 0 Å².